The number of benzene rings is 2. The number of ether oxygens (including phenoxy) is 1. The van der Waals surface area contributed by atoms with Crippen molar-refractivity contribution in [2.75, 3.05) is 37.4 Å². The number of methoxy groups -OCH3 is 1. The molecular formula is C18H20FN3O5S. The van der Waals surface area contributed by atoms with Gasteiger partial charge in [0.25, 0.3) is 0 Å². The first-order valence-electron chi connectivity index (χ1n) is 8.09. The molecule has 8 nitrogen and oxygen atoms in total. The first-order chi connectivity index (χ1) is 13.1. The quantitative estimate of drug-likeness (QED) is 0.705. The smallest absolute Gasteiger partial charge is 0.337 e. The van der Waals surface area contributed by atoms with Gasteiger partial charge < -0.3 is 10.1 Å². The summed E-state index contributed by atoms with van der Waals surface area (Å²) in [6.45, 7) is -0.523. The topological polar surface area (TPSA) is 96.0 Å². The van der Waals surface area contributed by atoms with Crippen LogP contribution in [0.1, 0.15) is 10.4 Å². The van der Waals surface area contributed by atoms with Crippen molar-refractivity contribution in [1.82, 2.24) is 4.31 Å². The van der Waals surface area contributed by atoms with E-state index in [1.165, 1.54) is 57.6 Å². The van der Waals surface area contributed by atoms with Crippen LogP contribution in [-0.4, -0.2) is 52.3 Å². The summed E-state index contributed by atoms with van der Waals surface area (Å²) in [5.74, 6) is -1.65. The molecule has 1 N–H and O–H groups in total. The zero-order valence-corrected chi connectivity index (χ0v) is 16.4. The minimum atomic E-state index is -3.99. The van der Waals surface area contributed by atoms with Crippen LogP contribution in [0, 0.1) is 5.82 Å². The third-order valence-electron chi connectivity index (χ3n) is 3.73. The van der Waals surface area contributed by atoms with E-state index < -0.39 is 34.4 Å². The lowest BCUT2D eigenvalue weighted by atomic mass is 10.2. The number of anilines is 2. The number of hydrogen-bond acceptors (Lipinski definition) is 5. The second-order valence-corrected chi connectivity index (χ2v) is 7.96. The summed E-state index contributed by atoms with van der Waals surface area (Å²) in [6, 6.07) is 10.7. The molecule has 2 rings (SSSR count). The van der Waals surface area contributed by atoms with E-state index in [0.717, 1.165) is 20.7 Å². The highest BCUT2D eigenvalue weighted by molar-refractivity contribution is 7.90. The normalized spacial score (nSPS) is 11.2. The SMILES string of the molecule is COC(=O)c1ccc(NC(=O)CN(c2ccc(F)cc2)S(=O)(=O)N(C)C)cc1. The maximum Gasteiger partial charge on any atom is 0.337 e. The van der Waals surface area contributed by atoms with Crippen LogP contribution in [-0.2, 0) is 19.7 Å². The van der Waals surface area contributed by atoms with E-state index in [2.05, 4.69) is 10.1 Å². The Morgan fingerprint density at radius 3 is 2.11 bits per heavy atom. The van der Waals surface area contributed by atoms with E-state index in [1.54, 1.807) is 0 Å². The van der Waals surface area contributed by atoms with Gasteiger partial charge in [0.05, 0.1) is 18.4 Å². The van der Waals surface area contributed by atoms with Gasteiger partial charge in [0.15, 0.2) is 0 Å². The summed E-state index contributed by atoms with van der Waals surface area (Å²) >= 11 is 0. The molecule has 0 saturated carbocycles. The van der Waals surface area contributed by atoms with E-state index in [1.807, 2.05) is 0 Å². The van der Waals surface area contributed by atoms with Gasteiger partial charge in [-0.1, -0.05) is 0 Å². The number of nitrogens with zero attached hydrogens (tertiary/aromatic N) is 2. The lowest BCUT2D eigenvalue weighted by Crippen LogP contribution is -2.44. The lowest BCUT2D eigenvalue weighted by molar-refractivity contribution is -0.114. The molecule has 0 spiro atoms. The van der Waals surface area contributed by atoms with Gasteiger partial charge in [0.1, 0.15) is 12.4 Å². The summed E-state index contributed by atoms with van der Waals surface area (Å²) in [5, 5.41) is 2.56. The number of esters is 1. The number of carbonyl (C=O) groups is 2. The van der Waals surface area contributed by atoms with Crippen LogP contribution in [0.15, 0.2) is 48.5 Å². The van der Waals surface area contributed by atoms with E-state index >= 15 is 0 Å². The average molecular weight is 409 g/mol. The fourth-order valence-electron chi connectivity index (χ4n) is 2.25. The van der Waals surface area contributed by atoms with Crippen molar-refractivity contribution in [3.63, 3.8) is 0 Å². The standard InChI is InChI=1S/C18H20FN3O5S/c1-21(2)28(25,26)22(16-10-6-14(19)7-11-16)12-17(23)20-15-8-4-13(5-9-15)18(24)27-3/h4-11H,12H2,1-3H3,(H,20,23). The van der Waals surface area contributed by atoms with Crippen molar-refractivity contribution < 1.29 is 27.1 Å². The van der Waals surface area contributed by atoms with Crippen molar-refractivity contribution in [1.29, 1.82) is 0 Å². The maximum atomic E-state index is 13.2. The molecule has 0 aliphatic carbocycles. The second kappa shape index (κ2) is 8.81. The van der Waals surface area contributed by atoms with Gasteiger partial charge in [-0.15, -0.1) is 0 Å². The molecule has 0 unspecified atom stereocenters. The predicted molar refractivity (Wildman–Crippen MR) is 103 cm³/mol. The monoisotopic (exact) mass is 409 g/mol. The highest BCUT2D eigenvalue weighted by atomic mass is 32.2. The number of amides is 1. The fourth-order valence-corrected chi connectivity index (χ4v) is 3.31. The highest BCUT2D eigenvalue weighted by Crippen LogP contribution is 2.20. The third-order valence-corrected chi connectivity index (χ3v) is 5.55. The molecule has 2 aromatic rings. The van der Waals surface area contributed by atoms with E-state index in [-0.39, 0.29) is 5.69 Å². The maximum absolute atomic E-state index is 13.2. The molecular weight excluding hydrogens is 389 g/mol. The van der Waals surface area contributed by atoms with Crippen molar-refractivity contribution in [2.45, 2.75) is 0 Å². The van der Waals surface area contributed by atoms with Gasteiger partial charge in [-0.25, -0.2) is 13.5 Å². The molecule has 150 valence electrons. The lowest BCUT2D eigenvalue weighted by Gasteiger charge is -2.26. The van der Waals surface area contributed by atoms with Crippen molar-refractivity contribution in [3.05, 3.63) is 59.9 Å². The Hall–Kier alpha value is -2.98. The van der Waals surface area contributed by atoms with Gasteiger partial charge in [0, 0.05) is 19.8 Å². The zero-order chi connectivity index (χ0) is 20.9. The molecule has 0 radical (unpaired) electrons. The molecule has 0 bridgehead atoms. The Kier molecular flexibility index (Phi) is 6.71. The van der Waals surface area contributed by atoms with Crippen molar-refractivity contribution >= 4 is 33.5 Å². The minimum Gasteiger partial charge on any atom is -0.465 e. The van der Waals surface area contributed by atoms with Gasteiger partial charge in [0.2, 0.25) is 5.91 Å². The highest BCUT2D eigenvalue weighted by Gasteiger charge is 2.27. The fraction of sp³-hybridized carbons (Fsp3) is 0.222. The largest absolute Gasteiger partial charge is 0.465 e. The Morgan fingerprint density at radius 2 is 1.61 bits per heavy atom. The summed E-state index contributed by atoms with van der Waals surface area (Å²) in [7, 11) is -0.0769. The molecule has 10 heteroatoms. The van der Waals surface area contributed by atoms with Gasteiger partial charge in [-0.05, 0) is 48.5 Å². The van der Waals surface area contributed by atoms with Crippen LogP contribution in [0.25, 0.3) is 0 Å². The van der Waals surface area contributed by atoms with Crippen molar-refractivity contribution in [3.8, 4) is 0 Å². The second-order valence-electron chi connectivity index (χ2n) is 5.89. The number of hydrogen-bond donors (Lipinski definition) is 1. The number of nitrogens with one attached hydrogen (secondary N) is 1. The number of halogens is 1. The first kappa shape index (κ1) is 21.3. The van der Waals surface area contributed by atoms with Gasteiger partial charge in [-0.2, -0.15) is 12.7 Å². The van der Waals surface area contributed by atoms with E-state index in [0.29, 0.717) is 11.3 Å². The first-order valence-corrected chi connectivity index (χ1v) is 9.49. The molecule has 0 saturated heterocycles. The molecule has 0 atom stereocenters. The molecule has 0 fully saturated rings. The van der Waals surface area contributed by atoms with Crippen LogP contribution in [0.2, 0.25) is 0 Å². The van der Waals surface area contributed by atoms with Crippen LogP contribution in [0.3, 0.4) is 0 Å². The van der Waals surface area contributed by atoms with Crippen molar-refractivity contribution in [2.24, 2.45) is 0 Å². The number of carbonyl (C=O) groups excluding carboxylic acids is 2. The minimum absolute atomic E-state index is 0.145. The van der Waals surface area contributed by atoms with Gasteiger partial charge >= 0.3 is 16.2 Å². The summed E-state index contributed by atoms with van der Waals surface area (Å²) < 4.78 is 44.8. The summed E-state index contributed by atoms with van der Waals surface area (Å²) in [5.41, 5.74) is 0.828. The van der Waals surface area contributed by atoms with E-state index in [9.17, 15) is 22.4 Å². The Balaban J connectivity index is 2.20. The molecule has 0 aliphatic rings. The Bertz CT molecular complexity index is 944. The molecule has 0 aliphatic heterocycles. The zero-order valence-electron chi connectivity index (χ0n) is 15.5. The Morgan fingerprint density at radius 1 is 1.04 bits per heavy atom. The average Bonchev–Trinajstić information content (AvgIpc) is 2.66. The molecule has 28 heavy (non-hydrogen) atoms. The third kappa shape index (κ3) is 5.05. The van der Waals surface area contributed by atoms with Crippen LogP contribution < -0.4 is 9.62 Å². The predicted octanol–water partition coefficient (Wildman–Crippen LogP) is 1.86. The number of rotatable bonds is 7. The van der Waals surface area contributed by atoms with Gasteiger partial charge in [-0.3, -0.25) is 4.79 Å². The van der Waals surface area contributed by atoms with Crippen LogP contribution in [0.5, 0.6) is 0 Å². The molecule has 0 heterocycles. The van der Waals surface area contributed by atoms with Crippen LogP contribution >= 0.6 is 0 Å². The van der Waals surface area contributed by atoms with Crippen LogP contribution in [0.4, 0.5) is 15.8 Å². The molecule has 1 amide bonds. The Labute approximate surface area is 162 Å². The summed E-state index contributed by atoms with van der Waals surface area (Å²) in [4.78, 5) is 23.8. The molecule has 0 aromatic heterocycles. The summed E-state index contributed by atoms with van der Waals surface area (Å²) in [6.07, 6.45) is 0. The molecule has 2 aromatic carbocycles. The van der Waals surface area contributed by atoms with E-state index in [4.69, 9.17) is 0 Å².